The van der Waals surface area contributed by atoms with Crippen LogP contribution in [-0.4, -0.2) is 40.3 Å². The van der Waals surface area contributed by atoms with Crippen molar-refractivity contribution in [3.8, 4) is 0 Å². The van der Waals surface area contributed by atoms with Crippen molar-refractivity contribution in [2.45, 2.75) is 51.5 Å². The number of nitrogens with zero attached hydrogens (tertiary/aromatic N) is 3. The molecule has 106 valence electrons. The van der Waals surface area contributed by atoms with Crippen LogP contribution in [0.3, 0.4) is 0 Å². The van der Waals surface area contributed by atoms with Crippen molar-refractivity contribution in [1.82, 2.24) is 14.9 Å². The summed E-state index contributed by atoms with van der Waals surface area (Å²) < 4.78 is 0. The zero-order valence-corrected chi connectivity index (χ0v) is 13.2. The van der Waals surface area contributed by atoms with E-state index >= 15 is 0 Å². The van der Waals surface area contributed by atoms with Crippen LogP contribution >= 0.6 is 11.8 Å². The molecule has 0 aromatic carbocycles. The van der Waals surface area contributed by atoms with E-state index in [2.05, 4.69) is 28.7 Å². The van der Waals surface area contributed by atoms with Crippen LogP contribution in [-0.2, 0) is 12.8 Å². The molecule has 0 unspecified atom stereocenters. The van der Waals surface area contributed by atoms with Crippen LogP contribution in [0.5, 0.6) is 0 Å². The highest BCUT2D eigenvalue weighted by Gasteiger charge is 2.17. The van der Waals surface area contributed by atoms with Crippen molar-refractivity contribution in [3.63, 3.8) is 0 Å². The van der Waals surface area contributed by atoms with Gasteiger partial charge >= 0.3 is 0 Å². The Balaban J connectivity index is 2.01. The maximum absolute atomic E-state index is 4.67. The average molecular weight is 279 g/mol. The minimum atomic E-state index is 0.936. The number of rotatable bonds is 6. The number of hydrogen-bond acceptors (Lipinski definition) is 4. The lowest BCUT2D eigenvalue weighted by Gasteiger charge is -2.20. The minimum absolute atomic E-state index is 0.936. The minimum Gasteiger partial charge on any atom is -0.303 e. The molecule has 1 aromatic rings. The van der Waals surface area contributed by atoms with Crippen molar-refractivity contribution in [2.75, 3.05) is 25.4 Å². The lowest BCUT2D eigenvalue weighted by Crippen LogP contribution is -2.25. The Labute approximate surface area is 121 Å². The molecule has 0 saturated carbocycles. The first-order chi connectivity index (χ1) is 9.24. The second-order valence-corrected chi connectivity index (χ2v) is 6.17. The maximum atomic E-state index is 4.67. The monoisotopic (exact) mass is 279 g/mol. The molecule has 0 N–H and O–H groups in total. The Kier molecular flexibility index (Phi) is 5.64. The molecular formula is C15H25N3S. The summed E-state index contributed by atoms with van der Waals surface area (Å²) in [6.45, 7) is 9.89. The third-order valence-electron chi connectivity index (χ3n) is 3.80. The van der Waals surface area contributed by atoms with Crippen molar-refractivity contribution in [1.29, 1.82) is 0 Å². The van der Waals surface area contributed by atoms with Gasteiger partial charge in [0.05, 0.1) is 0 Å². The van der Waals surface area contributed by atoms with Gasteiger partial charge in [0.25, 0.3) is 0 Å². The van der Waals surface area contributed by atoms with E-state index < -0.39 is 0 Å². The Morgan fingerprint density at radius 1 is 1.11 bits per heavy atom. The molecule has 0 spiro atoms. The molecule has 1 aliphatic rings. The highest BCUT2D eigenvalue weighted by Crippen LogP contribution is 2.28. The molecule has 0 atom stereocenters. The number of fused-ring (bicyclic) bond motifs is 1. The molecule has 0 bridgehead atoms. The van der Waals surface area contributed by atoms with Gasteiger partial charge in [-0.25, -0.2) is 9.97 Å². The van der Waals surface area contributed by atoms with Gasteiger partial charge < -0.3 is 4.90 Å². The van der Waals surface area contributed by atoms with Gasteiger partial charge in [0.2, 0.25) is 0 Å². The third kappa shape index (κ3) is 3.93. The molecular weight excluding hydrogens is 254 g/mol. The molecule has 1 heterocycles. The zero-order chi connectivity index (χ0) is 13.7. The van der Waals surface area contributed by atoms with Gasteiger partial charge in [0.15, 0.2) is 0 Å². The smallest absolute Gasteiger partial charge is 0.126 e. The normalized spacial score (nSPS) is 14.7. The predicted octanol–water partition coefficient (Wildman–Crippen LogP) is 3.10. The molecule has 1 aliphatic carbocycles. The van der Waals surface area contributed by atoms with Gasteiger partial charge in [-0.05, 0) is 45.7 Å². The summed E-state index contributed by atoms with van der Waals surface area (Å²) in [6, 6.07) is 0. The molecule has 3 nitrogen and oxygen atoms in total. The van der Waals surface area contributed by atoms with Crippen molar-refractivity contribution in [2.24, 2.45) is 0 Å². The summed E-state index contributed by atoms with van der Waals surface area (Å²) in [5.41, 5.74) is 2.74. The van der Waals surface area contributed by atoms with Gasteiger partial charge in [-0.2, -0.15) is 0 Å². The third-order valence-corrected chi connectivity index (χ3v) is 4.80. The van der Waals surface area contributed by atoms with Gasteiger partial charge in [0, 0.05) is 23.6 Å². The molecule has 1 aromatic heterocycles. The molecule has 0 fully saturated rings. The van der Waals surface area contributed by atoms with Crippen LogP contribution in [0.25, 0.3) is 0 Å². The molecule has 19 heavy (non-hydrogen) atoms. The number of hydrogen-bond donors (Lipinski definition) is 0. The van der Waals surface area contributed by atoms with Crippen molar-refractivity contribution < 1.29 is 0 Å². The molecule has 4 heteroatoms. The lowest BCUT2D eigenvalue weighted by molar-refractivity contribution is 0.324. The summed E-state index contributed by atoms with van der Waals surface area (Å²) >= 11 is 1.92. The average Bonchev–Trinajstić information content (AvgIpc) is 2.43. The first-order valence-corrected chi connectivity index (χ1v) is 8.44. The van der Waals surface area contributed by atoms with Crippen LogP contribution in [0.2, 0.25) is 0 Å². The van der Waals surface area contributed by atoms with E-state index in [4.69, 9.17) is 0 Å². The number of aryl methyl sites for hydroxylation is 2. The molecule has 2 rings (SSSR count). The van der Waals surface area contributed by atoms with E-state index in [1.807, 2.05) is 18.7 Å². The van der Waals surface area contributed by atoms with Crippen LogP contribution < -0.4 is 0 Å². The van der Waals surface area contributed by atoms with E-state index in [0.29, 0.717) is 0 Å². The second kappa shape index (κ2) is 7.25. The standard InChI is InChI=1S/C15H25N3S/c1-4-18(5-2)10-11-19-15-13-8-6-7-9-14(13)16-12(3)17-15/h4-11H2,1-3H3. The topological polar surface area (TPSA) is 29.0 Å². The van der Waals surface area contributed by atoms with Crippen LogP contribution in [0.1, 0.15) is 43.8 Å². The quantitative estimate of drug-likeness (QED) is 0.591. The summed E-state index contributed by atoms with van der Waals surface area (Å²) in [5, 5.41) is 1.24. The second-order valence-electron chi connectivity index (χ2n) is 5.08. The molecule has 0 radical (unpaired) electrons. The first kappa shape index (κ1) is 14.8. The molecule has 0 saturated heterocycles. The van der Waals surface area contributed by atoms with Crippen molar-refractivity contribution in [3.05, 3.63) is 17.1 Å². The summed E-state index contributed by atoms with van der Waals surface area (Å²) in [5.74, 6) is 2.07. The Hall–Kier alpha value is -0.610. The SMILES string of the molecule is CCN(CC)CCSc1nc(C)nc2c1CCCC2. The largest absolute Gasteiger partial charge is 0.303 e. The number of thioether (sulfide) groups is 1. The highest BCUT2D eigenvalue weighted by molar-refractivity contribution is 7.99. The fourth-order valence-electron chi connectivity index (χ4n) is 2.61. The zero-order valence-electron chi connectivity index (χ0n) is 12.4. The fraction of sp³-hybridized carbons (Fsp3) is 0.733. The van der Waals surface area contributed by atoms with Gasteiger partial charge in [0.1, 0.15) is 10.9 Å². The highest BCUT2D eigenvalue weighted by atomic mass is 32.2. The van der Waals surface area contributed by atoms with Gasteiger partial charge in [-0.1, -0.05) is 13.8 Å². The lowest BCUT2D eigenvalue weighted by atomic mass is 9.97. The van der Waals surface area contributed by atoms with Gasteiger partial charge in [-0.3, -0.25) is 0 Å². The van der Waals surface area contributed by atoms with Gasteiger partial charge in [-0.15, -0.1) is 11.8 Å². The van der Waals surface area contributed by atoms with E-state index in [-0.39, 0.29) is 0 Å². The number of aromatic nitrogens is 2. The predicted molar refractivity (Wildman–Crippen MR) is 81.9 cm³/mol. The summed E-state index contributed by atoms with van der Waals surface area (Å²) in [4.78, 5) is 11.7. The Morgan fingerprint density at radius 2 is 1.84 bits per heavy atom. The molecule has 0 aliphatic heterocycles. The van der Waals surface area contributed by atoms with Crippen molar-refractivity contribution >= 4 is 11.8 Å². The van der Waals surface area contributed by atoms with E-state index in [0.717, 1.165) is 37.6 Å². The van der Waals surface area contributed by atoms with Crippen LogP contribution in [0, 0.1) is 6.92 Å². The first-order valence-electron chi connectivity index (χ1n) is 7.46. The Morgan fingerprint density at radius 3 is 2.58 bits per heavy atom. The van der Waals surface area contributed by atoms with E-state index in [1.165, 1.54) is 35.5 Å². The maximum Gasteiger partial charge on any atom is 0.126 e. The van der Waals surface area contributed by atoms with Crippen LogP contribution in [0.15, 0.2) is 5.03 Å². The summed E-state index contributed by atoms with van der Waals surface area (Å²) in [7, 11) is 0. The van der Waals surface area contributed by atoms with E-state index in [1.54, 1.807) is 0 Å². The van der Waals surface area contributed by atoms with E-state index in [9.17, 15) is 0 Å². The molecule has 0 amide bonds. The fourth-order valence-corrected chi connectivity index (χ4v) is 3.74. The summed E-state index contributed by atoms with van der Waals surface area (Å²) in [6.07, 6.45) is 4.89. The van der Waals surface area contributed by atoms with Crippen LogP contribution in [0.4, 0.5) is 0 Å². The Bertz CT molecular complexity index is 416.